The van der Waals surface area contributed by atoms with Gasteiger partial charge in [-0.1, -0.05) is 12.1 Å². The Morgan fingerprint density at radius 1 is 1.25 bits per heavy atom. The van der Waals surface area contributed by atoms with E-state index < -0.39 is 6.04 Å². The third-order valence-electron chi connectivity index (χ3n) is 5.08. The van der Waals surface area contributed by atoms with Gasteiger partial charge in [0.2, 0.25) is 5.91 Å². The first-order valence-electron chi connectivity index (χ1n) is 8.75. The van der Waals surface area contributed by atoms with Gasteiger partial charge in [-0.25, -0.2) is 4.39 Å². The lowest BCUT2D eigenvalue weighted by atomic mass is 9.99. The molecule has 0 spiro atoms. The van der Waals surface area contributed by atoms with Crippen molar-refractivity contribution >= 4 is 5.91 Å². The maximum Gasteiger partial charge on any atom is 0.244 e. The molecule has 5 nitrogen and oxygen atoms in total. The van der Waals surface area contributed by atoms with Gasteiger partial charge in [0, 0.05) is 38.8 Å². The van der Waals surface area contributed by atoms with Gasteiger partial charge in [0.15, 0.2) is 0 Å². The van der Waals surface area contributed by atoms with Crippen LogP contribution in [0.4, 0.5) is 4.39 Å². The van der Waals surface area contributed by atoms with Crippen LogP contribution in [0.5, 0.6) is 0 Å². The molecule has 0 saturated carbocycles. The molecular formula is C18H26FN3O2. The van der Waals surface area contributed by atoms with Crippen LogP contribution in [0.25, 0.3) is 0 Å². The van der Waals surface area contributed by atoms with Crippen molar-refractivity contribution < 1.29 is 14.3 Å². The van der Waals surface area contributed by atoms with Crippen LogP contribution < -0.4 is 5.32 Å². The smallest absolute Gasteiger partial charge is 0.244 e. The fraction of sp³-hybridized carbons (Fsp3) is 0.611. The molecule has 3 rings (SSSR count). The first-order chi connectivity index (χ1) is 11.6. The zero-order valence-corrected chi connectivity index (χ0v) is 14.1. The molecule has 2 aliphatic heterocycles. The predicted molar refractivity (Wildman–Crippen MR) is 90.0 cm³/mol. The standard InChI is InChI=1S/C18H26FN3O2/c1-13-12-20-8-11-22(13)17(14-2-4-15(19)5-3-14)18(24)21-9-6-16(23)7-10-21/h2-5,13,16-17,20,23H,6-12H2,1H3. The van der Waals surface area contributed by atoms with Crippen LogP contribution >= 0.6 is 0 Å². The summed E-state index contributed by atoms with van der Waals surface area (Å²) in [7, 11) is 0. The van der Waals surface area contributed by atoms with Crippen LogP contribution in [0, 0.1) is 5.82 Å². The van der Waals surface area contributed by atoms with E-state index >= 15 is 0 Å². The Morgan fingerprint density at radius 2 is 1.92 bits per heavy atom. The highest BCUT2D eigenvalue weighted by Crippen LogP contribution is 2.28. The minimum Gasteiger partial charge on any atom is -0.393 e. The van der Waals surface area contributed by atoms with E-state index in [-0.39, 0.29) is 23.9 Å². The van der Waals surface area contributed by atoms with Crippen LogP contribution in [0.1, 0.15) is 31.4 Å². The number of hydrogen-bond donors (Lipinski definition) is 2. The zero-order valence-electron chi connectivity index (χ0n) is 14.1. The van der Waals surface area contributed by atoms with Crippen molar-refractivity contribution in [2.45, 2.75) is 38.0 Å². The van der Waals surface area contributed by atoms with Gasteiger partial charge in [-0.15, -0.1) is 0 Å². The van der Waals surface area contributed by atoms with Crippen molar-refractivity contribution in [3.63, 3.8) is 0 Å². The van der Waals surface area contributed by atoms with Crippen LogP contribution in [0.3, 0.4) is 0 Å². The first kappa shape index (κ1) is 17.3. The third kappa shape index (κ3) is 3.77. The molecule has 1 aromatic carbocycles. The number of amides is 1. The van der Waals surface area contributed by atoms with Gasteiger partial charge < -0.3 is 15.3 Å². The van der Waals surface area contributed by atoms with Crippen molar-refractivity contribution in [3.8, 4) is 0 Å². The van der Waals surface area contributed by atoms with Crippen LogP contribution in [-0.4, -0.2) is 65.7 Å². The van der Waals surface area contributed by atoms with Crippen molar-refractivity contribution in [2.24, 2.45) is 0 Å². The molecule has 0 radical (unpaired) electrons. The molecule has 1 amide bonds. The normalized spacial score (nSPS) is 24.8. The minimum absolute atomic E-state index is 0.0576. The fourth-order valence-electron chi connectivity index (χ4n) is 3.62. The number of aliphatic hydroxyl groups is 1. The van der Waals surface area contributed by atoms with Crippen molar-refractivity contribution in [1.29, 1.82) is 0 Å². The second-order valence-electron chi connectivity index (χ2n) is 6.80. The van der Waals surface area contributed by atoms with E-state index in [1.807, 2.05) is 4.90 Å². The van der Waals surface area contributed by atoms with Crippen LogP contribution in [0.15, 0.2) is 24.3 Å². The first-order valence-corrected chi connectivity index (χ1v) is 8.75. The summed E-state index contributed by atoms with van der Waals surface area (Å²) in [5.74, 6) is -0.235. The van der Waals surface area contributed by atoms with E-state index in [9.17, 15) is 14.3 Å². The van der Waals surface area contributed by atoms with Gasteiger partial charge in [0.05, 0.1) is 6.10 Å². The predicted octanol–water partition coefficient (Wildman–Crippen LogP) is 1.14. The topological polar surface area (TPSA) is 55.8 Å². The molecule has 132 valence electrons. The lowest BCUT2D eigenvalue weighted by Gasteiger charge is -2.42. The molecule has 2 heterocycles. The molecule has 2 aliphatic rings. The number of nitrogens with zero attached hydrogens (tertiary/aromatic N) is 2. The molecule has 2 fully saturated rings. The summed E-state index contributed by atoms with van der Waals surface area (Å²) in [5, 5.41) is 13.0. The van der Waals surface area contributed by atoms with Crippen LogP contribution in [0.2, 0.25) is 0 Å². The second-order valence-corrected chi connectivity index (χ2v) is 6.80. The Bertz CT molecular complexity index is 558. The van der Waals surface area contributed by atoms with Gasteiger partial charge in [-0.3, -0.25) is 9.69 Å². The SMILES string of the molecule is CC1CNCCN1C(C(=O)N1CCC(O)CC1)c1ccc(F)cc1. The maximum absolute atomic E-state index is 13.3. The molecule has 0 bridgehead atoms. The van der Waals surface area contributed by atoms with Crippen molar-refractivity contribution in [1.82, 2.24) is 15.1 Å². The van der Waals surface area contributed by atoms with Gasteiger partial charge in [0.25, 0.3) is 0 Å². The summed E-state index contributed by atoms with van der Waals surface area (Å²) < 4.78 is 13.3. The van der Waals surface area contributed by atoms with E-state index in [1.54, 1.807) is 12.1 Å². The van der Waals surface area contributed by atoms with E-state index in [4.69, 9.17) is 0 Å². The molecule has 2 atom stereocenters. The van der Waals surface area contributed by atoms with Crippen molar-refractivity contribution in [2.75, 3.05) is 32.7 Å². The lowest BCUT2D eigenvalue weighted by Crippen LogP contribution is -2.55. The summed E-state index contributed by atoms with van der Waals surface area (Å²) in [4.78, 5) is 17.3. The van der Waals surface area contributed by atoms with E-state index in [2.05, 4.69) is 17.1 Å². The summed E-state index contributed by atoms with van der Waals surface area (Å²) in [6, 6.07) is 6.10. The van der Waals surface area contributed by atoms with E-state index in [0.29, 0.717) is 25.9 Å². The number of halogens is 1. The van der Waals surface area contributed by atoms with Gasteiger partial charge in [0.1, 0.15) is 11.9 Å². The monoisotopic (exact) mass is 335 g/mol. The Balaban J connectivity index is 1.86. The molecule has 0 aliphatic carbocycles. The summed E-state index contributed by atoms with van der Waals surface area (Å²) in [6.45, 7) is 5.73. The average molecular weight is 335 g/mol. The molecule has 0 aromatic heterocycles. The minimum atomic E-state index is -0.391. The van der Waals surface area contributed by atoms with Crippen molar-refractivity contribution in [3.05, 3.63) is 35.6 Å². The number of hydrogen-bond acceptors (Lipinski definition) is 4. The number of piperazine rings is 1. The summed E-state index contributed by atoms with van der Waals surface area (Å²) in [6.07, 6.45) is 0.939. The number of carbonyl (C=O) groups excluding carboxylic acids is 1. The number of nitrogens with one attached hydrogen (secondary N) is 1. The number of carbonyl (C=O) groups is 1. The Hall–Kier alpha value is -1.50. The largest absolute Gasteiger partial charge is 0.393 e. The highest BCUT2D eigenvalue weighted by atomic mass is 19.1. The van der Waals surface area contributed by atoms with Gasteiger partial charge >= 0.3 is 0 Å². The van der Waals surface area contributed by atoms with E-state index in [0.717, 1.165) is 25.2 Å². The molecule has 24 heavy (non-hydrogen) atoms. The Labute approximate surface area is 142 Å². The molecular weight excluding hydrogens is 309 g/mol. The maximum atomic E-state index is 13.3. The zero-order chi connectivity index (χ0) is 17.1. The molecule has 6 heteroatoms. The Kier molecular flexibility index (Phi) is 5.48. The lowest BCUT2D eigenvalue weighted by molar-refractivity contribution is -0.140. The molecule has 2 saturated heterocycles. The highest BCUT2D eigenvalue weighted by Gasteiger charge is 2.36. The second kappa shape index (κ2) is 7.59. The summed E-state index contributed by atoms with van der Waals surface area (Å²) in [5.41, 5.74) is 0.835. The van der Waals surface area contributed by atoms with E-state index in [1.165, 1.54) is 12.1 Å². The third-order valence-corrected chi connectivity index (χ3v) is 5.08. The number of likely N-dealkylation sites (tertiary alicyclic amines) is 1. The number of aliphatic hydroxyl groups excluding tert-OH is 1. The van der Waals surface area contributed by atoms with Gasteiger partial charge in [-0.05, 0) is 37.5 Å². The van der Waals surface area contributed by atoms with Gasteiger partial charge in [-0.2, -0.15) is 0 Å². The quantitative estimate of drug-likeness (QED) is 0.870. The number of rotatable bonds is 3. The average Bonchev–Trinajstić information content (AvgIpc) is 2.59. The number of piperidine rings is 1. The summed E-state index contributed by atoms with van der Waals surface area (Å²) >= 11 is 0. The highest BCUT2D eigenvalue weighted by molar-refractivity contribution is 5.83. The van der Waals surface area contributed by atoms with Crippen LogP contribution in [-0.2, 0) is 4.79 Å². The molecule has 2 unspecified atom stereocenters. The molecule has 1 aromatic rings. The fourth-order valence-corrected chi connectivity index (χ4v) is 3.62. The number of benzene rings is 1. The Morgan fingerprint density at radius 3 is 2.54 bits per heavy atom. The molecule has 2 N–H and O–H groups in total.